The molecule has 2 N–H and O–H groups in total. The number of aromatic hydroxyl groups is 1. The van der Waals surface area contributed by atoms with Crippen LogP contribution >= 0.6 is 0 Å². The Balaban J connectivity index is 2.05. The van der Waals surface area contributed by atoms with Crippen LogP contribution in [0.2, 0.25) is 0 Å². The highest BCUT2D eigenvalue weighted by Gasteiger charge is 2.26. The van der Waals surface area contributed by atoms with Crippen molar-refractivity contribution in [3.63, 3.8) is 0 Å². The monoisotopic (exact) mass is 460 g/mol. The van der Waals surface area contributed by atoms with Crippen molar-refractivity contribution in [3.8, 4) is 17.1 Å². The normalized spacial score (nSPS) is 11.5. The second-order valence-electron chi connectivity index (χ2n) is 7.18. The molecular formula is C21H21FN4O5S. The van der Waals surface area contributed by atoms with Gasteiger partial charge in [-0.3, -0.25) is 9.59 Å². The number of hydrogen-bond acceptors (Lipinski definition) is 6. The van der Waals surface area contributed by atoms with Gasteiger partial charge in [0.05, 0.1) is 4.90 Å². The van der Waals surface area contributed by atoms with E-state index >= 15 is 0 Å². The fraction of sp³-hybridized carbons (Fsp3) is 0.190. The van der Waals surface area contributed by atoms with Gasteiger partial charge in [0.25, 0.3) is 11.5 Å². The zero-order chi connectivity index (χ0) is 23.6. The van der Waals surface area contributed by atoms with Crippen LogP contribution in [0.5, 0.6) is 5.75 Å². The standard InChI is InChI=1S/C21H21FN4O5S/c1-25(2)32(30,31)16-7-5-4-6-15(16)19-23-17(18(27)20(28)24-19)21(29)26(3)12-13-8-10-14(22)11-9-13/h4-11,27H,12H2,1-3H3,(H,23,24,28). The Hall–Kier alpha value is -3.57. The topological polar surface area (TPSA) is 124 Å². The van der Waals surface area contributed by atoms with Gasteiger partial charge in [-0.15, -0.1) is 0 Å². The molecule has 0 saturated carbocycles. The number of benzene rings is 2. The Morgan fingerprint density at radius 1 is 1.09 bits per heavy atom. The number of aromatic amines is 1. The average Bonchev–Trinajstić information content (AvgIpc) is 2.76. The number of aromatic nitrogens is 2. The molecule has 11 heteroatoms. The van der Waals surface area contributed by atoms with Crippen molar-refractivity contribution < 1.29 is 22.7 Å². The summed E-state index contributed by atoms with van der Waals surface area (Å²) in [5.41, 5.74) is -0.848. The maximum atomic E-state index is 13.1. The first kappa shape index (κ1) is 23.1. The third-order valence-corrected chi connectivity index (χ3v) is 6.55. The fourth-order valence-corrected chi connectivity index (χ4v) is 4.03. The molecule has 0 radical (unpaired) electrons. The maximum Gasteiger partial charge on any atom is 0.294 e. The van der Waals surface area contributed by atoms with Crippen molar-refractivity contribution >= 4 is 15.9 Å². The molecule has 0 unspecified atom stereocenters. The van der Waals surface area contributed by atoms with Crippen LogP contribution < -0.4 is 5.56 Å². The zero-order valence-electron chi connectivity index (χ0n) is 17.5. The Labute approximate surface area is 183 Å². The second kappa shape index (κ2) is 8.89. The highest BCUT2D eigenvalue weighted by Crippen LogP contribution is 2.27. The Bertz CT molecular complexity index is 1320. The van der Waals surface area contributed by atoms with Gasteiger partial charge in [-0.05, 0) is 29.8 Å². The molecule has 1 amide bonds. The summed E-state index contributed by atoms with van der Waals surface area (Å²) in [6.07, 6.45) is 0. The summed E-state index contributed by atoms with van der Waals surface area (Å²) in [5.74, 6) is -2.27. The average molecular weight is 460 g/mol. The van der Waals surface area contributed by atoms with Gasteiger partial charge >= 0.3 is 0 Å². The second-order valence-corrected chi connectivity index (χ2v) is 9.30. The van der Waals surface area contributed by atoms with Gasteiger partial charge in [-0.1, -0.05) is 24.3 Å². The molecular weight excluding hydrogens is 439 g/mol. The lowest BCUT2D eigenvalue weighted by Gasteiger charge is -2.18. The SMILES string of the molecule is CN(Cc1ccc(F)cc1)C(=O)c1nc(-c2ccccc2S(=O)(=O)N(C)C)[nH]c(=O)c1O. The lowest BCUT2D eigenvalue weighted by atomic mass is 10.2. The molecule has 0 bridgehead atoms. The third-order valence-electron chi connectivity index (χ3n) is 4.68. The molecule has 0 spiro atoms. The van der Waals surface area contributed by atoms with Crippen LogP contribution in [-0.4, -0.2) is 59.7 Å². The minimum atomic E-state index is -3.89. The van der Waals surface area contributed by atoms with Crippen molar-refractivity contribution in [1.29, 1.82) is 0 Å². The summed E-state index contributed by atoms with van der Waals surface area (Å²) < 4.78 is 39.5. The van der Waals surface area contributed by atoms with Crippen molar-refractivity contribution in [2.45, 2.75) is 11.4 Å². The largest absolute Gasteiger partial charge is 0.501 e. The molecule has 1 heterocycles. The quantitative estimate of drug-likeness (QED) is 0.578. The molecule has 0 fully saturated rings. The number of nitrogens with zero attached hydrogens (tertiary/aromatic N) is 3. The predicted molar refractivity (Wildman–Crippen MR) is 115 cm³/mol. The van der Waals surface area contributed by atoms with E-state index in [4.69, 9.17) is 0 Å². The molecule has 32 heavy (non-hydrogen) atoms. The first-order chi connectivity index (χ1) is 15.0. The van der Waals surface area contributed by atoms with Crippen LogP contribution in [0.1, 0.15) is 16.1 Å². The molecule has 2 aromatic carbocycles. The summed E-state index contributed by atoms with van der Waals surface area (Å²) in [5, 5.41) is 10.2. The van der Waals surface area contributed by atoms with E-state index in [1.54, 1.807) is 6.07 Å². The van der Waals surface area contributed by atoms with E-state index in [1.165, 1.54) is 68.5 Å². The minimum Gasteiger partial charge on any atom is -0.501 e. The van der Waals surface area contributed by atoms with Crippen LogP contribution in [0.25, 0.3) is 11.4 Å². The van der Waals surface area contributed by atoms with E-state index in [2.05, 4.69) is 9.97 Å². The van der Waals surface area contributed by atoms with Gasteiger partial charge in [0, 0.05) is 33.3 Å². The lowest BCUT2D eigenvalue weighted by Crippen LogP contribution is -2.29. The zero-order valence-corrected chi connectivity index (χ0v) is 18.4. The lowest BCUT2D eigenvalue weighted by molar-refractivity contribution is 0.0775. The molecule has 168 valence electrons. The molecule has 0 atom stereocenters. The summed E-state index contributed by atoms with van der Waals surface area (Å²) >= 11 is 0. The Kier molecular flexibility index (Phi) is 6.42. The molecule has 3 rings (SSSR count). The van der Waals surface area contributed by atoms with Gasteiger partial charge in [-0.2, -0.15) is 0 Å². The number of rotatable bonds is 6. The summed E-state index contributed by atoms with van der Waals surface area (Å²) in [7, 11) is 0.258. The number of sulfonamides is 1. The van der Waals surface area contributed by atoms with E-state index in [9.17, 15) is 27.5 Å². The van der Waals surface area contributed by atoms with E-state index in [-0.39, 0.29) is 22.8 Å². The summed E-state index contributed by atoms with van der Waals surface area (Å²) in [4.78, 5) is 32.7. The highest BCUT2D eigenvalue weighted by molar-refractivity contribution is 7.89. The number of nitrogens with one attached hydrogen (secondary N) is 1. The molecule has 1 aromatic heterocycles. The van der Waals surface area contributed by atoms with Gasteiger partial charge in [-0.25, -0.2) is 22.1 Å². The molecule has 3 aromatic rings. The Morgan fingerprint density at radius 2 is 1.72 bits per heavy atom. The van der Waals surface area contributed by atoms with E-state index in [1.807, 2.05) is 0 Å². The highest BCUT2D eigenvalue weighted by atomic mass is 32.2. The van der Waals surface area contributed by atoms with E-state index < -0.39 is 38.8 Å². The molecule has 0 saturated heterocycles. The van der Waals surface area contributed by atoms with Crippen molar-refractivity contribution in [2.24, 2.45) is 0 Å². The van der Waals surface area contributed by atoms with Crippen LogP contribution in [-0.2, 0) is 16.6 Å². The summed E-state index contributed by atoms with van der Waals surface area (Å²) in [6.45, 7) is 0.0635. The number of carbonyl (C=O) groups excluding carboxylic acids is 1. The van der Waals surface area contributed by atoms with Gasteiger partial charge in [0.1, 0.15) is 11.6 Å². The maximum absolute atomic E-state index is 13.1. The Morgan fingerprint density at radius 3 is 2.34 bits per heavy atom. The van der Waals surface area contributed by atoms with E-state index in [0.717, 1.165) is 4.31 Å². The smallest absolute Gasteiger partial charge is 0.294 e. The molecule has 0 aliphatic rings. The number of halogens is 1. The number of carbonyl (C=O) groups is 1. The summed E-state index contributed by atoms with van der Waals surface area (Å²) in [6, 6.07) is 11.3. The third kappa shape index (κ3) is 4.53. The van der Waals surface area contributed by atoms with Gasteiger partial charge in [0.15, 0.2) is 5.69 Å². The number of H-pyrrole nitrogens is 1. The first-order valence-electron chi connectivity index (χ1n) is 9.37. The molecule has 0 aliphatic carbocycles. The van der Waals surface area contributed by atoms with Crippen molar-refractivity contribution in [1.82, 2.24) is 19.2 Å². The van der Waals surface area contributed by atoms with Gasteiger partial charge in [0.2, 0.25) is 15.8 Å². The van der Waals surface area contributed by atoms with Gasteiger partial charge < -0.3 is 15.0 Å². The van der Waals surface area contributed by atoms with Crippen molar-refractivity contribution in [3.05, 3.63) is 76.0 Å². The molecule has 9 nitrogen and oxygen atoms in total. The predicted octanol–water partition coefficient (Wildman–Crippen LogP) is 1.80. The van der Waals surface area contributed by atoms with Crippen LogP contribution in [0.15, 0.2) is 58.2 Å². The minimum absolute atomic E-state index is 0.0635. The number of hydrogen-bond donors (Lipinski definition) is 2. The van der Waals surface area contributed by atoms with Crippen LogP contribution in [0, 0.1) is 5.82 Å². The van der Waals surface area contributed by atoms with Crippen LogP contribution in [0.3, 0.4) is 0 Å². The number of amides is 1. The fourth-order valence-electron chi connectivity index (χ4n) is 2.94. The first-order valence-corrected chi connectivity index (χ1v) is 10.8. The van der Waals surface area contributed by atoms with Crippen LogP contribution in [0.4, 0.5) is 4.39 Å². The van der Waals surface area contributed by atoms with Crippen molar-refractivity contribution in [2.75, 3.05) is 21.1 Å². The molecule has 0 aliphatic heterocycles. The van der Waals surface area contributed by atoms with E-state index in [0.29, 0.717) is 5.56 Å².